The molecule has 0 aromatic carbocycles. The van der Waals surface area contributed by atoms with Gasteiger partial charge in [-0.05, 0) is 62.7 Å². The minimum Gasteiger partial charge on any atom is -0.463 e. The smallest absolute Gasteiger partial charge is 0.330 e. The highest BCUT2D eigenvalue weighted by molar-refractivity contribution is 5.81. The van der Waals surface area contributed by atoms with E-state index >= 15 is 0 Å². The monoisotopic (exact) mass is 276 g/mol. The number of carbonyl (C=O) groups is 1. The Bertz CT molecular complexity index is 370. The highest BCUT2D eigenvalue weighted by atomic mass is 16.5. The molecule has 2 nitrogen and oxygen atoms in total. The first-order valence-electron chi connectivity index (χ1n) is 8.25. The van der Waals surface area contributed by atoms with Crippen molar-refractivity contribution in [3.63, 3.8) is 0 Å². The van der Waals surface area contributed by atoms with E-state index in [1.54, 1.807) is 5.57 Å². The molecule has 2 heteroatoms. The van der Waals surface area contributed by atoms with Crippen LogP contribution < -0.4 is 0 Å². The van der Waals surface area contributed by atoms with Gasteiger partial charge in [-0.1, -0.05) is 31.6 Å². The molecule has 2 aliphatic carbocycles. The number of carbonyl (C=O) groups excluding carboxylic acids is 1. The van der Waals surface area contributed by atoms with Crippen LogP contribution in [0.25, 0.3) is 0 Å². The van der Waals surface area contributed by atoms with Gasteiger partial charge in [-0.2, -0.15) is 0 Å². The van der Waals surface area contributed by atoms with Gasteiger partial charge in [-0.3, -0.25) is 0 Å². The zero-order valence-electron chi connectivity index (χ0n) is 12.8. The second-order valence-electron chi connectivity index (χ2n) is 6.29. The molecule has 0 heterocycles. The predicted octanol–water partition coefficient (Wildman–Crippen LogP) is 4.66. The Morgan fingerprint density at radius 3 is 2.90 bits per heavy atom. The lowest BCUT2D eigenvalue weighted by molar-refractivity contribution is -0.137. The average Bonchev–Trinajstić information content (AvgIpc) is 3.08. The van der Waals surface area contributed by atoms with Gasteiger partial charge in [-0.15, -0.1) is 0 Å². The third kappa shape index (κ3) is 3.97. The van der Waals surface area contributed by atoms with Crippen LogP contribution in [-0.2, 0) is 9.53 Å². The van der Waals surface area contributed by atoms with Crippen molar-refractivity contribution in [3.05, 3.63) is 24.3 Å². The zero-order valence-corrected chi connectivity index (χ0v) is 12.8. The van der Waals surface area contributed by atoms with Crippen molar-refractivity contribution in [1.29, 1.82) is 0 Å². The van der Waals surface area contributed by atoms with Crippen LogP contribution in [0.1, 0.15) is 58.3 Å². The molecule has 3 atom stereocenters. The Kier molecular flexibility index (Phi) is 5.87. The van der Waals surface area contributed by atoms with E-state index in [2.05, 4.69) is 19.6 Å². The number of allylic oxidation sites excluding steroid dienone is 2. The zero-order chi connectivity index (χ0) is 14.4. The van der Waals surface area contributed by atoms with Crippen molar-refractivity contribution in [2.75, 3.05) is 6.61 Å². The second kappa shape index (κ2) is 7.66. The molecule has 0 saturated heterocycles. The standard InChI is InChI=1S/C18H28O2/c1-3-7-15(8-5-6-11-20-18(19)4-2)17-13-14-9-10-16(17)12-14/h4,13-16H,2-3,5-12H2,1H3. The van der Waals surface area contributed by atoms with Gasteiger partial charge >= 0.3 is 5.97 Å². The number of rotatable bonds is 9. The van der Waals surface area contributed by atoms with E-state index < -0.39 is 0 Å². The normalized spacial score (nSPS) is 25.4. The molecule has 2 aliphatic rings. The summed E-state index contributed by atoms with van der Waals surface area (Å²) in [5.41, 5.74) is 1.77. The molecule has 0 N–H and O–H groups in total. The quantitative estimate of drug-likeness (QED) is 0.265. The van der Waals surface area contributed by atoms with Gasteiger partial charge < -0.3 is 4.74 Å². The first-order chi connectivity index (χ1) is 9.74. The van der Waals surface area contributed by atoms with E-state index in [1.165, 1.54) is 44.6 Å². The maximum atomic E-state index is 11.0. The topological polar surface area (TPSA) is 26.3 Å². The number of unbranched alkanes of at least 4 members (excludes halogenated alkanes) is 1. The van der Waals surface area contributed by atoms with Crippen LogP contribution in [0.3, 0.4) is 0 Å². The van der Waals surface area contributed by atoms with Crippen molar-refractivity contribution in [1.82, 2.24) is 0 Å². The number of ether oxygens (including phenoxy) is 1. The summed E-state index contributed by atoms with van der Waals surface area (Å²) >= 11 is 0. The minimum absolute atomic E-state index is 0.300. The highest BCUT2D eigenvalue weighted by Gasteiger charge is 2.35. The molecule has 2 bridgehead atoms. The molecule has 2 rings (SSSR count). The number of esters is 1. The van der Waals surface area contributed by atoms with Crippen LogP contribution in [-0.4, -0.2) is 12.6 Å². The third-order valence-corrected chi connectivity index (χ3v) is 4.84. The molecule has 112 valence electrons. The summed E-state index contributed by atoms with van der Waals surface area (Å²) in [7, 11) is 0. The molecule has 0 spiro atoms. The molecule has 0 aromatic heterocycles. The fourth-order valence-corrected chi connectivity index (χ4v) is 3.90. The molecule has 3 unspecified atom stereocenters. The molecular formula is C18H28O2. The van der Waals surface area contributed by atoms with Gasteiger partial charge in [0.25, 0.3) is 0 Å². The largest absolute Gasteiger partial charge is 0.463 e. The summed E-state index contributed by atoms with van der Waals surface area (Å²) in [5.74, 6) is 2.27. The molecule has 1 fully saturated rings. The second-order valence-corrected chi connectivity index (χ2v) is 6.29. The van der Waals surface area contributed by atoms with Crippen LogP contribution in [0.2, 0.25) is 0 Å². The van der Waals surface area contributed by atoms with Gasteiger partial charge in [0.05, 0.1) is 6.61 Å². The van der Waals surface area contributed by atoms with Crippen LogP contribution in [0, 0.1) is 17.8 Å². The summed E-state index contributed by atoms with van der Waals surface area (Å²) in [6, 6.07) is 0. The summed E-state index contributed by atoms with van der Waals surface area (Å²) in [6.45, 7) is 6.23. The molecule has 1 saturated carbocycles. The van der Waals surface area contributed by atoms with Gasteiger partial charge in [0.2, 0.25) is 0 Å². The Morgan fingerprint density at radius 1 is 1.45 bits per heavy atom. The summed E-state index contributed by atoms with van der Waals surface area (Å²) in [6.07, 6.45) is 14.1. The van der Waals surface area contributed by atoms with Gasteiger partial charge in [0.1, 0.15) is 0 Å². The van der Waals surface area contributed by atoms with E-state index in [1.807, 2.05) is 0 Å². The summed E-state index contributed by atoms with van der Waals surface area (Å²) in [4.78, 5) is 11.0. The Hall–Kier alpha value is -1.05. The molecular weight excluding hydrogens is 248 g/mol. The van der Waals surface area contributed by atoms with Crippen LogP contribution in [0.5, 0.6) is 0 Å². The molecule has 0 amide bonds. The minimum atomic E-state index is -0.300. The van der Waals surface area contributed by atoms with Crippen molar-refractivity contribution in [3.8, 4) is 0 Å². The first-order valence-corrected chi connectivity index (χ1v) is 8.25. The lowest BCUT2D eigenvalue weighted by Gasteiger charge is -2.24. The molecule has 0 aromatic rings. The number of hydrogen-bond donors (Lipinski definition) is 0. The Morgan fingerprint density at radius 2 is 2.30 bits per heavy atom. The number of fused-ring (bicyclic) bond motifs is 2. The fraction of sp³-hybridized carbons (Fsp3) is 0.722. The Labute approximate surface area is 123 Å². The Balaban J connectivity index is 1.72. The maximum Gasteiger partial charge on any atom is 0.330 e. The van der Waals surface area contributed by atoms with Crippen molar-refractivity contribution in [2.24, 2.45) is 17.8 Å². The van der Waals surface area contributed by atoms with Gasteiger partial charge in [0.15, 0.2) is 0 Å². The van der Waals surface area contributed by atoms with E-state index in [9.17, 15) is 4.79 Å². The summed E-state index contributed by atoms with van der Waals surface area (Å²) < 4.78 is 5.04. The molecule has 20 heavy (non-hydrogen) atoms. The van der Waals surface area contributed by atoms with E-state index in [4.69, 9.17) is 4.74 Å². The number of hydrogen-bond acceptors (Lipinski definition) is 2. The van der Waals surface area contributed by atoms with Crippen LogP contribution >= 0.6 is 0 Å². The maximum absolute atomic E-state index is 11.0. The van der Waals surface area contributed by atoms with Crippen LogP contribution in [0.15, 0.2) is 24.3 Å². The average molecular weight is 276 g/mol. The summed E-state index contributed by atoms with van der Waals surface area (Å²) in [5, 5.41) is 0. The highest BCUT2D eigenvalue weighted by Crippen LogP contribution is 2.48. The van der Waals surface area contributed by atoms with E-state index in [0.29, 0.717) is 6.61 Å². The van der Waals surface area contributed by atoms with E-state index in [0.717, 1.165) is 30.6 Å². The molecule has 0 aliphatic heterocycles. The van der Waals surface area contributed by atoms with Crippen molar-refractivity contribution in [2.45, 2.75) is 58.3 Å². The molecule has 0 radical (unpaired) electrons. The lowest BCUT2D eigenvalue weighted by atomic mass is 9.82. The predicted molar refractivity (Wildman–Crippen MR) is 82.3 cm³/mol. The third-order valence-electron chi connectivity index (χ3n) is 4.84. The lowest BCUT2D eigenvalue weighted by Crippen LogP contribution is -2.11. The van der Waals surface area contributed by atoms with Crippen molar-refractivity contribution >= 4 is 5.97 Å². The van der Waals surface area contributed by atoms with Gasteiger partial charge in [0, 0.05) is 6.08 Å². The van der Waals surface area contributed by atoms with E-state index in [-0.39, 0.29) is 5.97 Å². The van der Waals surface area contributed by atoms with Crippen molar-refractivity contribution < 1.29 is 9.53 Å². The SMILES string of the molecule is C=CC(=O)OCCCCC(CCC)C1=CC2CCC1C2. The van der Waals surface area contributed by atoms with Crippen LogP contribution in [0.4, 0.5) is 0 Å². The first kappa shape index (κ1) is 15.3. The fourth-order valence-electron chi connectivity index (χ4n) is 3.90. The van der Waals surface area contributed by atoms with Gasteiger partial charge in [-0.25, -0.2) is 4.79 Å².